The molecule has 3 aliphatic heterocycles. The van der Waals surface area contributed by atoms with E-state index in [0.717, 1.165) is 32.3 Å². The summed E-state index contributed by atoms with van der Waals surface area (Å²) in [6.07, 6.45) is -16.8. The minimum Gasteiger partial charge on any atom is -0.387 e. The van der Waals surface area contributed by atoms with Crippen LogP contribution in [0.2, 0.25) is 0 Å². The van der Waals surface area contributed by atoms with Gasteiger partial charge in [0, 0.05) is 35.3 Å². The van der Waals surface area contributed by atoms with Crippen LogP contribution < -0.4 is 33.7 Å². The van der Waals surface area contributed by atoms with Crippen LogP contribution in [-0.2, 0) is 32.3 Å². The molecule has 0 spiro atoms. The molecule has 25 nitrogen and oxygen atoms in total. The van der Waals surface area contributed by atoms with E-state index in [0.29, 0.717) is 0 Å². The summed E-state index contributed by atoms with van der Waals surface area (Å²) in [6.45, 7) is 1.45. The van der Waals surface area contributed by atoms with Crippen LogP contribution in [0.25, 0.3) is 0 Å². The van der Waals surface area contributed by atoms with Crippen molar-refractivity contribution in [2.75, 3.05) is 19.8 Å². The van der Waals surface area contributed by atoms with E-state index in [-0.39, 0.29) is 16.7 Å². The summed E-state index contributed by atoms with van der Waals surface area (Å²) >= 11 is 0. The highest BCUT2D eigenvalue weighted by Crippen LogP contribution is 2.51. The Kier molecular flexibility index (Phi) is 11.8. The van der Waals surface area contributed by atoms with Crippen molar-refractivity contribution in [3.8, 4) is 0 Å². The molecule has 6 heterocycles. The third kappa shape index (κ3) is 7.99. The van der Waals surface area contributed by atoms with Crippen molar-refractivity contribution in [2.45, 2.75) is 94.4 Å². The highest BCUT2D eigenvalue weighted by molar-refractivity contribution is 7.48. The molecule has 3 aromatic rings. The van der Waals surface area contributed by atoms with Crippen LogP contribution in [0, 0.1) is 20.8 Å². The summed E-state index contributed by atoms with van der Waals surface area (Å²) in [5.74, 6) is 0. The zero-order chi connectivity index (χ0) is 41.0. The molecule has 3 fully saturated rings. The number of hydrogen-bond donors (Lipinski definition) is 9. The molecule has 6 rings (SSSR count). The average Bonchev–Trinajstić information content (AvgIpc) is 3.71. The van der Waals surface area contributed by atoms with E-state index in [1.165, 1.54) is 20.8 Å². The fourth-order valence-corrected chi connectivity index (χ4v) is 7.43. The number of phosphoric acid groups is 1. The molecule has 12 atom stereocenters. The minimum absolute atomic E-state index is 0.0642. The Balaban J connectivity index is 1.21. The largest absolute Gasteiger partial charge is 0.475 e. The van der Waals surface area contributed by atoms with Gasteiger partial charge in [0.15, 0.2) is 18.7 Å². The van der Waals surface area contributed by atoms with E-state index in [1.807, 2.05) is 15.0 Å². The number of aromatic amines is 3. The molecule has 3 aliphatic rings. The smallest absolute Gasteiger partial charge is 0.387 e. The van der Waals surface area contributed by atoms with Crippen molar-refractivity contribution in [1.82, 2.24) is 28.7 Å². The second-order valence-corrected chi connectivity index (χ2v) is 15.1. The number of phosphoric ester groups is 1. The molecule has 26 heteroatoms. The van der Waals surface area contributed by atoms with Crippen LogP contribution in [0.15, 0.2) is 47.4 Å². The van der Waals surface area contributed by atoms with E-state index in [1.54, 1.807) is 0 Å². The first-order chi connectivity index (χ1) is 26.3. The van der Waals surface area contributed by atoms with Crippen LogP contribution in [-0.4, -0.2) is 134 Å². The maximum atomic E-state index is 14.2. The van der Waals surface area contributed by atoms with Gasteiger partial charge in [0.1, 0.15) is 54.9 Å². The standard InChI is InChI=1S/C30H39N6O19P/c1-10-4-34(28(46)31-22(10)43)25-19(40)16(37)13(53-25)7-50-56(49,51-8-14-17(38)20(41)26(54-14)35-5-11(2)23(44)32-29(35)47)52-9-15-18(39)21(42)27(55-15)36-6-12(3)24(45)33-30(36)48/h4-6,13-21,25-27,37-42H,7-9H2,1-3H3,(H,31,43,46)(H,32,44,47)(H,33,45,48)/t13-,14-,15-,16-,17-,18-,19-,20-,21-,25-,26-,27-/m1/s1. The van der Waals surface area contributed by atoms with Crippen LogP contribution in [0.5, 0.6) is 0 Å². The van der Waals surface area contributed by atoms with E-state index in [9.17, 15) is 64.0 Å². The van der Waals surface area contributed by atoms with Gasteiger partial charge in [0.2, 0.25) is 0 Å². The number of H-pyrrole nitrogens is 3. The minimum atomic E-state index is -5.03. The summed E-state index contributed by atoms with van der Waals surface area (Å²) in [4.78, 5) is 79.0. The number of aryl methyl sites for hydroxylation is 3. The predicted molar refractivity (Wildman–Crippen MR) is 181 cm³/mol. The maximum absolute atomic E-state index is 14.2. The lowest BCUT2D eigenvalue weighted by Gasteiger charge is -2.24. The number of hydrogen-bond acceptors (Lipinski definition) is 19. The van der Waals surface area contributed by atoms with Crippen LogP contribution >= 0.6 is 7.82 Å². The van der Waals surface area contributed by atoms with Gasteiger partial charge < -0.3 is 44.8 Å². The SMILES string of the molecule is Cc1cn([C@@H]2O[C@H](COP(=O)(OC[C@H]3O[C@@H](n4cc(C)c(=O)[nH]c4=O)[C@H](O)[C@@H]3O)OC[C@H]3O[C@@H](n4cc(C)c(=O)[nH]c4=O)[C@H](O)[C@@H]3O)[C@@H](O)[C@H]2O)c(=O)[nH]c1=O. The topological polar surface area (TPSA) is 358 Å². The summed E-state index contributed by atoms with van der Waals surface area (Å²) in [7, 11) is -5.03. The molecule has 0 amide bonds. The molecule has 0 aliphatic carbocycles. The summed E-state index contributed by atoms with van der Waals surface area (Å²) in [6, 6.07) is 0. The monoisotopic (exact) mass is 818 g/mol. The second kappa shape index (κ2) is 16.0. The van der Waals surface area contributed by atoms with Gasteiger partial charge in [-0.25, -0.2) is 18.9 Å². The number of aliphatic hydroxyl groups excluding tert-OH is 6. The number of rotatable bonds is 12. The fraction of sp³-hybridized carbons (Fsp3) is 0.600. The molecule has 9 N–H and O–H groups in total. The number of aromatic nitrogens is 6. The third-order valence-corrected chi connectivity index (χ3v) is 10.9. The van der Waals surface area contributed by atoms with Crippen molar-refractivity contribution in [3.05, 3.63) is 97.8 Å². The highest BCUT2D eigenvalue weighted by Gasteiger charge is 2.49. The highest BCUT2D eigenvalue weighted by atomic mass is 31.2. The Morgan fingerprint density at radius 3 is 1.02 bits per heavy atom. The third-order valence-electron chi connectivity index (χ3n) is 9.46. The molecular formula is C30H39N6O19P. The van der Waals surface area contributed by atoms with Gasteiger partial charge in [-0.2, -0.15) is 0 Å². The predicted octanol–water partition coefficient (Wildman–Crippen LogP) is -5.42. The Hall–Kier alpha value is -4.21. The van der Waals surface area contributed by atoms with E-state index in [4.69, 9.17) is 27.8 Å². The molecule has 3 aromatic heterocycles. The van der Waals surface area contributed by atoms with Crippen molar-refractivity contribution in [3.63, 3.8) is 0 Å². The van der Waals surface area contributed by atoms with Crippen molar-refractivity contribution in [1.29, 1.82) is 0 Å². The number of nitrogens with one attached hydrogen (secondary N) is 3. The number of aliphatic hydroxyl groups is 6. The lowest BCUT2D eigenvalue weighted by atomic mass is 10.1. The van der Waals surface area contributed by atoms with Crippen molar-refractivity contribution in [2.24, 2.45) is 0 Å². The van der Waals surface area contributed by atoms with Gasteiger partial charge in [0.05, 0.1) is 19.8 Å². The normalized spacial score (nSPS) is 32.0. The molecule has 56 heavy (non-hydrogen) atoms. The Morgan fingerprint density at radius 2 is 0.768 bits per heavy atom. The Bertz CT molecular complexity index is 2100. The maximum Gasteiger partial charge on any atom is 0.475 e. The number of ether oxygens (including phenoxy) is 3. The lowest BCUT2D eigenvalue weighted by Crippen LogP contribution is -2.38. The molecule has 3 saturated heterocycles. The summed E-state index contributed by atoms with van der Waals surface area (Å²) < 4.78 is 49.7. The van der Waals surface area contributed by atoms with Gasteiger partial charge in [-0.3, -0.25) is 56.6 Å². The first-order valence-corrected chi connectivity index (χ1v) is 18.3. The average molecular weight is 819 g/mol. The molecule has 0 saturated carbocycles. The molecule has 0 unspecified atom stereocenters. The summed E-state index contributed by atoms with van der Waals surface area (Å²) in [5, 5.41) is 64.4. The molecule has 0 radical (unpaired) electrons. The van der Waals surface area contributed by atoms with Gasteiger partial charge in [0.25, 0.3) is 16.7 Å². The molecule has 0 aromatic carbocycles. The van der Waals surface area contributed by atoms with Gasteiger partial charge in [-0.15, -0.1) is 0 Å². The van der Waals surface area contributed by atoms with Crippen LogP contribution in [0.3, 0.4) is 0 Å². The Morgan fingerprint density at radius 1 is 0.518 bits per heavy atom. The van der Waals surface area contributed by atoms with E-state index in [2.05, 4.69) is 0 Å². The van der Waals surface area contributed by atoms with Gasteiger partial charge in [-0.1, -0.05) is 0 Å². The van der Waals surface area contributed by atoms with Gasteiger partial charge >= 0.3 is 24.9 Å². The fourth-order valence-electron chi connectivity index (χ4n) is 6.22. The number of nitrogens with zero attached hydrogens (tertiary/aromatic N) is 3. The Labute approximate surface area is 311 Å². The van der Waals surface area contributed by atoms with Gasteiger partial charge in [-0.05, 0) is 20.8 Å². The molecule has 0 bridgehead atoms. The van der Waals surface area contributed by atoms with Crippen LogP contribution in [0.1, 0.15) is 35.4 Å². The van der Waals surface area contributed by atoms with Crippen molar-refractivity contribution < 1.29 is 63.0 Å². The quantitative estimate of drug-likeness (QED) is 0.0770. The molecule has 308 valence electrons. The first kappa shape index (κ1) is 41.4. The zero-order valence-electron chi connectivity index (χ0n) is 29.6. The van der Waals surface area contributed by atoms with E-state index >= 15 is 0 Å². The van der Waals surface area contributed by atoms with Crippen molar-refractivity contribution >= 4 is 7.82 Å². The lowest BCUT2D eigenvalue weighted by molar-refractivity contribution is -0.0750. The van der Waals surface area contributed by atoms with Crippen LogP contribution in [0.4, 0.5) is 0 Å². The molecular weight excluding hydrogens is 779 g/mol. The zero-order valence-corrected chi connectivity index (χ0v) is 30.5. The summed E-state index contributed by atoms with van der Waals surface area (Å²) in [5.41, 5.74) is -4.88. The van der Waals surface area contributed by atoms with E-state index < -0.39 is 135 Å². The second-order valence-electron chi connectivity index (χ2n) is 13.4. The first-order valence-electron chi connectivity index (χ1n) is 16.8.